The van der Waals surface area contributed by atoms with Crippen molar-refractivity contribution >= 4 is 22.1 Å². The predicted molar refractivity (Wildman–Crippen MR) is 117 cm³/mol. The van der Waals surface area contributed by atoms with Crippen LogP contribution < -0.4 is 5.32 Å². The summed E-state index contributed by atoms with van der Waals surface area (Å²) in [4.78, 5) is 15.8. The molecule has 3 N–H and O–H groups in total. The number of nitrogens with one attached hydrogen (secondary N) is 3. The second-order valence-corrected chi connectivity index (χ2v) is 9.49. The average Bonchev–Trinajstić information content (AvgIpc) is 3.45. The summed E-state index contributed by atoms with van der Waals surface area (Å²) >= 11 is 0. The van der Waals surface area contributed by atoms with Crippen molar-refractivity contribution in [1.82, 2.24) is 25.3 Å². The minimum Gasteiger partial charge on any atom is -0.354 e. The van der Waals surface area contributed by atoms with Crippen molar-refractivity contribution in [2.45, 2.75) is 52.1 Å². The second kappa shape index (κ2) is 6.17. The number of aryl methyl sites for hydroxylation is 1. The fraction of sp³-hybridized carbons (Fsp3) is 0.417. The van der Waals surface area contributed by atoms with Crippen LogP contribution >= 0.6 is 0 Å². The molecule has 6 rings (SSSR count). The Kier molecular flexibility index (Phi) is 3.66. The summed E-state index contributed by atoms with van der Waals surface area (Å²) in [6, 6.07) is 11.7. The van der Waals surface area contributed by atoms with Gasteiger partial charge in [-0.15, -0.1) is 0 Å². The van der Waals surface area contributed by atoms with E-state index in [0.29, 0.717) is 11.5 Å². The van der Waals surface area contributed by atoms with Crippen molar-refractivity contribution in [2.75, 3.05) is 0 Å². The first kappa shape index (κ1) is 17.2. The first-order valence-electron chi connectivity index (χ1n) is 10.7. The standard InChI is InChI=1S/C24H27N5/c1-14-27-22-18(6-8-25-23(22)28-14)20-10-17-9-15(3-4-19(17)29-20)13-26-21-12-24(2)7-5-16(21)11-24/h3-4,6,8-10,16,21,26,29H,5,7,11-13H2,1-2H3,(H,25,27,28). The van der Waals surface area contributed by atoms with Crippen LogP contribution in [0.4, 0.5) is 0 Å². The van der Waals surface area contributed by atoms with Gasteiger partial charge in [0.2, 0.25) is 0 Å². The molecule has 29 heavy (non-hydrogen) atoms. The normalized spacial score (nSPS) is 26.1. The lowest BCUT2D eigenvalue weighted by Crippen LogP contribution is -2.34. The van der Waals surface area contributed by atoms with Gasteiger partial charge < -0.3 is 15.3 Å². The Morgan fingerprint density at radius 3 is 2.93 bits per heavy atom. The minimum atomic E-state index is 0.600. The van der Waals surface area contributed by atoms with Crippen molar-refractivity contribution in [3.8, 4) is 11.3 Å². The van der Waals surface area contributed by atoms with Crippen molar-refractivity contribution in [3.63, 3.8) is 0 Å². The highest BCUT2D eigenvalue weighted by atomic mass is 15.0. The van der Waals surface area contributed by atoms with E-state index >= 15 is 0 Å². The number of nitrogens with zero attached hydrogens (tertiary/aromatic N) is 2. The van der Waals surface area contributed by atoms with E-state index < -0.39 is 0 Å². The van der Waals surface area contributed by atoms with Gasteiger partial charge in [0.25, 0.3) is 0 Å². The quantitative estimate of drug-likeness (QED) is 0.459. The molecule has 0 amide bonds. The molecule has 0 aliphatic heterocycles. The molecule has 1 aromatic carbocycles. The van der Waals surface area contributed by atoms with Gasteiger partial charge in [-0.25, -0.2) is 9.97 Å². The highest BCUT2D eigenvalue weighted by molar-refractivity contribution is 5.94. The molecule has 2 bridgehead atoms. The SMILES string of the molecule is Cc1nc2nccc(-c3cc4cc(CNC5CC6(C)CCC5C6)ccc4[nH]3)c2[nH]1. The van der Waals surface area contributed by atoms with Crippen LogP contribution in [0.2, 0.25) is 0 Å². The van der Waals surface area contributed by atoms with Gasteiger partial charge in [0.15, 0.2) is 5.65 Å². The molecule has 3 aromatic heterocycles. The largest absolute Gasteiger partial charge is 0.354 e. The van der Waals surface area contributed by atoms with Gasteiger partial charge >= 0.3 is 0 Å². The van der Waals surface area contributed by atoms with E-state index in [1.807, 2.05) is 19.2 Å². The third kappa shape index (κ3) is 2.87. The molecule has 0 saturated heterocycles. The molecule has 0 radical (unpaired) electrons. The van der Waals surface area contributed by atoms with Gasteiger partial charge in [-0.2, -0.15) is 0 Å². The number of imidazole rings is 1. The maximum Gasteiger partial charge on any atom is 0.178 e. The monoisotopic (exact) mass is 385 g/mol. The third-order valence-electron chi connectivity index (χ3n) is 7.21. The number of H-pyrrole nitrogens is 2. The molecular formula is C24H27N5. The van der Waals surface area contributed by atoms with Crippen LogP contribution in [-0.4, -0.2) is 26.0 Å². The van der Waals surface area contributed by atoms with E-state index in [1.54, 1.807) is 0 Å². The smallest absolute Gasteiger partial charge is 0.178 e. The zero-order valence-electron chi connectivity index (χ0n) is 17.0. The molecular weight excluding hydrogens is 358 g/mol. The lowest BCUT2D eigenvalue weighted by molar-refractivity contribution is 0.283. The van der Waals surface area contributed by atoms with Crippen molar-refractivity contribution < 1.29 is 0 Å². The minimum absolute atomic E-state index is 0.600. The van der Waals surface area contributed by atoms with Gasteiger partial charge in [-0.3, -0.25) is 0 Å². The zero-order chi connectivity index (χ0) is 19.6. The molecule has 2 saturated carbocycles. The predicted octanol–water partition coefficient (Wildman–Crippen LogP) is 5.08. The van der Waals surface area contributed by atoms with Crippen molar-refractivity contribution in [2.24, 2.45) is 11.3 Å². The van der Waals surface area contributed by atoms with E-state index in [-0.39, 0.29) is 0 Å². The number of benzene rings is 1. The Balaban J connectivity index is 1.27. The average molecular weight is 386 g/mol. The van der Waals surface area contributed by atoms with Crippen LogP contribution in [0, 0.1) is 18.3 Å². The number of aromatic amines is 2. The molecule has 4 aromatic rings. The van der Waals surface area contributed by atoms with Gasteiger partial charge in [0.05, 0.1) is 5.52 Å². The fourth-order valence-electron chi connectivity index (χ4n) is 5.77. The number of hydrogen-bond acceptors (Lipinski definition) is 3. The van der Waals surface area contributed by atoms with Gasteiger partial charge in [0, 0.05) is 40.9 Å². The summed E-state index contributed by atoms with van der Waals surface area (Å²) in [6.07, 6.45) is 7.41. The van der Waals surface area contributed by atoms with Crippen LogP contribution in [0.15, 0.2) is 36.5 Å². The Hall–Kier alpha value is -2.66. The highest BCUT2D eigenvalue weighted by Crippen LogP contribution is 2.53. The second-order valence-electron chi connectivity index (χ2n) is 9.49. The molecule has 3 atom stereocenters. The summed E-state index contributed by atoms with van der Waals surface area (Å²) in [5.74, 6) is 1.77. The van der Waals surface area contributed by atoms with Gasteiger partial charge in [-0.05, 0) is 73.8 Å². The van der Waals surface area contributed by atoms with E-state index in [9.17, 15) is 0 Å². The van der Waals surface area contributed by atoms with Crippen molar-refractivity contribution in [1.29, 1.82) is 0 Å². The fourth-order valence-corrected chi connectivity index (χ4v) is 5.77. The Morgan fingerprint density at radius 2 is 2.10 bits per heavy atom. The molecule has 2 fully saturated rings. The van der Waals surface area contributed by atoms with E-state index in [1.165, 1.54) is 36.6 Å². The topological polar surface area (TPSA) is 69.4 Å². The maximum atomic E-state index is 4.46. The molecule has 3 unspecified atom stereocenters. The van der Waals surface area contributed by atoms with Crippen LogP contribution in [0.5, 0.6) is 0 Å². The summed E-state index contributed by atoms with van der Waals surface area (Å²) < 4.78 is 0. The first-order valence-corrected chi connectivity index (χ1v) is 10.7. The summed E-state index contributed by atoms with van der Waals surface area (Å²) in [5.41, 5.74) is 7.09. The molecule has 3 heterocycles. The van der Waals surface area contributed by atoms with Crippen LogP contribution in [0.25, 0.3) is 33.3 Å². The van der Waals surface area contributed by atoms with Gasteiger partial charge in [-0.1, -0.05) is 13.0 Å². The van der Waals surface area contributed by atoms with E-state index in [2.05, 4.69) is 56.4 Å². The molecule has 148 valence electrons. The number of hydrogen-bond donors (Lipinski definition) is 3. The van der Waals surface area contributed by atoms with Crippen LogP contribution in [0.3, 0.4) is 0 Å². The number of fused-ring (bicyclic) bond motifs is 4. The third-order valence-corrected chi connectivity index (χ3v) is 7.21. The zero-order valence-corrected chi connectivity index (χ0v) is 17.0. The number of aromatic nitrogens is 4. The Bertz CT molecular complexity index is 1220. The molecule has 5 nitrogen and oxygen atoms in total. The first-order chi connectivity index (χ1) is 14.1. The summed E-state index contributed by atoms with van der Waals surface area (Å²) in [7, 11) is 0. The molecule has 0 spiro atoms. The molecule has 2 aliphatic rings. The lowest BCUT2D eigenvalue weighted by atomic mass is 9.85. The van der Waals surface area contributed by atoms with Crippen LogP contribution in [-0.2, 0) is 6.54 Å². The van der Waals surface area contributed by atoms with E-state index in [4.69, 9.17) is 0 Å². The van der Waals surface area contributed by atoms with Crippen molar-refractivity contribution in [3.05, 3.63) is 47.9 Å². The Morgan fingerprint density at radius 1 is 1.17 bits per heavy atom. The summed E-state index contributed by atoms with van der Waals surface area (Å²) in [5, 5.41) is 5.10. The Labute approximate surface area is 170 Å². The van der Waals surface area contributed by atoms with Crippen LogP contribution in [0.1, 0.15) is 44.0 Å². The van der Waals surface area contributed by atoms with E-state index in [0.717, 1.165) is 46.2 Å². The number of pyridine rings is 1. The van der Waals surface area contributed by atoms with Gasteiger partial charge in [0.1, 0.15) is 5.82 Å². The highest BCUT2D eigenvalue weighted by Gasteiger charge is 2.47. The number of rotatable bonds is 4. The lowest BCUT2D eigenvalue weighted by Gasteiger charge is -2.27. The maximum absolute atomic E-state index is 4.46. The summed E-state index contributed by atoms with van der Waals surface area (Å²) in [6.45, 7) is 5.39. The molecule has 5 heteroatoms. The molecule has 2 aliphatic carbocycles.